The van der Waals surface area contributed by atoms with Crippen molar-refractivity contribution in [2.45, 2.75) is 19.5 Å². The summed E-state index contributed by atoms with van der Waals surface area (Å²) >= 11 is 0. The third kappa shape index (κ3) is 4.07. The van der Waals surface area contributed by atoms with Gasteiger partial charge in [-0.3, -0.25) is 9.88 Å². The van der Waals surface area contributed by atoms with E-state index in [0.29, 0.717) is 6.04 Å². The van der Waals surface area contributed by atoms with Crippen LogP contribution in [0.4, 0.5) is 5.95 Å². The summed E-state index contributed by atoms with van der Waals surface area (Å²) in [5.74, 6) is 0.844. The Labute approximate surface area is 144 Å². The fourth-order valence-electron chi connectivity index (χ4n) is 2.92. The Balaban J connectivity index is 1.59. The smallest absolute Gasteiger partial charge is 0.225 e. The zero-order valence-electron chi connectivity index (χ0n) is 14.8. The molecule has 0 spiro atoms. The van der Waals surface area contributed by atoms with E-state index >= 15 is 0 Å². The number of likely N-dealkylation sites (N-methyl/N-ethyl adjacent to an activating group) is 1. The summed E-state index contributed by atoms with van der Waals surface area (Å²) < 4.78 is 0. The lowest BCUT2D eigenvalue weighted by atomic mass is 10.1. The molecular weight excluding hydrogens is 300 g/mol. The minimum atomic E-state index is 0.324. The minimum Gasteiger partial charge on any atom is -0.338 e. The van der Waals surface area contributed by atoms with Gasteiger partial charge in [0, 0.05) is 69.1 Å². The normalized spacial score (nSPS) is 17.2. The molecule has 128 valence electrons. The highest BCUT2D eigenvalue weighted by atomic mass is 15.3. The van der Waals surface area contributed by atoms with E-state index in [0.717, 1.165) is 44.2 Å². The molecule has 1 fully saturated rings. The number of rotatable bonds is 5. The van der Waals surface area contributed by atoms with Gasteiger partial charge in [0.1, 0.15) is 0 Å². The average Bonchev–Trinajstić information content (AvgIpc) is 2.63. The zero-order valence-corrected chi connectivity index (χ0v) is 14.8. The monoisotopic (exact) mass is 326 g/mol. The molecule has 0 aliphatic carbocycles. The molecule has 1 atom stereocenters. The van der Waals surface area contributed by atoms with Gasteiger partial charge >= 0.3 is 0 Å². The van der Waals surface area contributed by atoms with Gasteiger partial charge in [-0.1, -0.05) is 0 Å². The molecule has 0 unspecified atom stereocenters. The number of piperazine rings is 1. The van der Waals surface area contributed by atoms with Crippen molar-refractivity contribution < 1.29 is 0 Å². The van der Waals surface area contributed by atoms with Crippen LogP contribution in [-0.2, 0) is 6.54 Å². The quantitative estimate of drug-likeness (QED) is 0.835. The van der Waals surface area contributed by atoms with Crippen molar-refractivity contribution in [3.63, 3.8) is 0 Å². The fraction of sp³-hybridized carbons (Fsp3) is 0.500. The van der Waals surface area contributed by atoms with Crippen molar-refractivity contribution in [3.8, 4) is 0 Å². The average molecular weight is 326 g/mol. The van der Waals surface area contributed by atoms with Crippen LogP contribution in [-0.4, -0.2) is 65.0 Å². The van der Waals surface area contributed by atoms with Gasteiger partial charge in [-0.05, 0) is 38.7 Å². The Morgan fingerprint density at radius 3 is 2.33 bits per heavy atom. The summed E-state index contributed by atoms with van der Waals surface area (Å²) in [6.07, 6.45) is 7.59. The van der Waals surface area contributed by atoms with Gasteiger partial charge < -0.3 is 9.80 Å². The van der Waals surface area contributed by atoms with Crippen molar-refractivity contribution in [2.75, 3.05) is 45.2 Å². The number of hydrogen-bond acceptors (Lipinski definition) is 6. The lowest BCUT2D eigenvalue weighted by Gasteiger charge is -2.32. The van der Waals surface area contributed by atoms with E-state index in [1.807, 2.05) is 24.8 Å². The Morgan fingerprint density at radius 2 is 1.71 bits per heavy atom. The van der Waals surface area contributed by atoms with Crippen LogP contribution < -0.4 is 4.90 Å². The molecule has 1 saturated heterocycles. The standard InChI is InChI=1S/C18H26N6/c1-15(17-4-6-19-7-5-17)23(3)14-16-12-20-18(21-13-16)24-10-8-22(2)9-11-24/h4-7,12-13,15H,8-11,14H2,1-3H3/t15-/m1/s1. The fourth-order valence-corrected chi connectivity index (χ4v) is 2.92. The number of anilines is 1. The molecular formula is C18H26N6. The second-order valence-corrected chi connectivity index (χ2v) is 6.55. The Hall–Kier alpha value is -2.05. The van der Waals surface area contributed by atoms with Gasteiger partial charge in [0.2, 0.25) is 5.95 Å². The van der Waals surface area contributed by atoms with Gasteiger partial charge in [0.05, 0.1) is 0 Å². The van der Waals surface area contributed by atoms with E-state index in [4.69, 9.17) is 0 Å². The van der Waals surface area contributed by atoms with Gasteiger partial charge in [-0.25, -0.2) is 9.97 Å². The molecule has 1 aliphatic rings. The van der Waals surface area contributed by atoms with Crippen LogP contribution in [0.2, 0.25) is 0 Å². The molecule has 1 aliphatic heterocycles. The predicted octanol–water partition coefficient (Wildman–Crippen LogP) is 1.82. The molecule has 6 nitrogen and oxygen atoms in total. The summed E-state index contributed by atoms with van der Waals surface area (Å²) in [7, 11) is 4.28. The van der Waals surface area contributed by atoms with E-state index in [2.05, 4.69) is 62.8 Å². The van der Waals surface area contributed by atoms with Crippen molar-refractivity contribution in [1.82, 2.24) is 24.8 Å². The highest BCUT2D eigenvalue weighted by molar-refractivity contribution is 5.30. The second kappa shape index (κ2) is 7.68. The van der Waals surface area contributed by atoms with Crippen LogP contribution in [0.3, 0.4) is 0 Å². The van der Waals surface area contributed by atoms with Crippen LogP contribution in [0.5, 0.6) is 0 Å². The van der Waals surface area contributed by atoms with Crippen LogP contribution in [0, 0.1) is 0 Å². The summed E-state index contributed by atoms with van der Waals surface area (Å²) in [5.41, 5.74) is 2.40. The molecule has 0 radical (unpaired) electrons. The molecule has 0 saturated carbocycles. The SMILES string of the molecule is C[C@H](c1ccncc1)N(C)Cc1cnc(N2CCN(C)CC2)nc1. The van der Waals surface area contributed by atoms with Crippen LogP contribution in [0.25, 0.3) is 0 Å². The molecule has 0 bridgehead atoms. The van der Waals surface area contributed by atoms with Crippen molar-refractivity contribution in [1.29, 1.82) is 0 Å². The number of nitrogens with zero attached hydrogens (tertiary/aromatic N) is 6. The highest BCUT2D eigenvalue weighted by Gasteiger charge is 2.17. The minimum absolute atomic E-state index is 0.324. The molecule has 2 aromatic heterocycles. The van der Waals surface area contributed by atoms with E-state index in [1.165, 1.54) is 5.56 Å². The Kier molecular flexibility index (Phi) is 5.37. The first-order valence-corrected chi connectivity index (χ1v) is 8.48. The maximum Gasteiger partial charge on any atom is 0.225 e. The number of aromatic nitrogens is 3. The summed E-state index contributed by atoms with van der Waals surface area (Å²) in [6.45, 7) is 7.15. The van der Waals surface area contributed by atoms with Gasteiger partial charge in [-0.15, -0.1) is 0 Å². The molecule has 0 aromatic carbocycles. The van der Waals surface area contributed by atoms with Gasteiger partial charge in [-0.2, -0.15) is 0 Å². The molecule has 3 rings (SSSR count). The summed E-state index contributed by atoms with van der Waals surface area (Å²) in [4.78, 5) is 20.1. The maximum absolute atomic E-state index is 4.57. The molecule has 3 heterocycles. The molecule has 24 heavy (non-hydrogen) atoms. The van der Waals surface area contributed by atoms with E-state index < -0.39 is 0 Å². The first kappa shape index (κ1) is 16.8. The zero-order chi connectivity index (χ0) is 16.9. The molecule has 6 heteroatoms. The topological polar surface area (TPSA) is 48.4 Å². The van der Waals surface area contributed by atoms with Crippen LogP contribution in [0.1, 0.15) is 24.1 Å². The Morgan fingerprint density at radius 1 is 1.08 bits per heavy atom. The molecule has 0 amide bonds. The maximum atomic E-state index is 4.57. The third-order valence-electron chi connectivity index (χ3n) is 4.76. The van der Waals surface area contributed by atoms with Crippen molar-refractivity contribution in [3.05, 3.63) is 48.0 Å². The first-order valence-electron chi connectivity index (χ1n) is 8.48. The molecule has 2 aromatic rings. The Bertz CT molecular complexity index is 622. The first-order chi connectivity index (χ1) is 11.6. The van der Waals surface area contributed by atoms with E-state index in [1.54, 1.807) is 0 Å². The van der Waals surface area contributed by atoms with Crippen molar-refractivity contribution >= 4 is 5.95 Å². The third-order valence-corrected chi connectivity index (χ3v) is 4.76. The van der Waals surface area contributed by atoms with E-state index in [9.17, 15) is 0 Å². The van der Waals surface area contributed by atoms with Crippen LogP contribution >= 0.6 is 0 Å². The van der Waals surface area contributed by atoms with Gasteiger partial charge in [0.15, 0.2) is 0 Å². The number of pyridine rings is 1. The summed E-state index contributed by atoms with van der Waals surface area (Å²) in [5, 5.41) is 0. The largest absolute Gasteiger partial charge is 0.338 e. The summed E-state index contributed by atoms with van der Waals surface area (Å²) in [6, 6.07) is 4.45. The predicted molar refractivity (Wildman–Crippen MR) is 95.9 cm³/mol. The second-order valence-electron chi connectivity index (χ2n) is 6.55. The lowest BCUT2D eigenvalue weighted by Crippen LogP contribution is -2.45. The van der Waals surface area contributed by atoms with Gasteiger partial charge in [0.25, 0.3) is 0 Å². The lowest BCUT2D eigenvalue weighted by molar-refractivity contribution is 0.252. The van der Waals surface area contributed by atoms with Crippen molar-refractivity contribution in [2.24, 2.45) is 0 Å². The van der Waals surface area contributed by atoms with Crippen LogP contribution in [0.15, 0.2) is 36.9 Å². The highest BCUT2D eigenvalue weighted by Crippen LogP contribution is 2.20. The van der Waals surface area contributed by atoms with E-state index in [-0.39, 0.29) is 0 Å². The molecule has 0 N–H and O–H groups in total. The number of hydrogen-bond donors (Lipinski definition) is 0.